The summed E-state index contributed by atoms with van der Waals surface area (Å²) in [4.78, 5) is 20.8. The minimum Gasteiger partial charge on any atom is -0.493 e. The van der Waals surface area contributed by atoms with E-state index in [1.807, 2.05) is 36.4 Å². The van der Waals surface area contributed by atoms with Gasteiger partial charge in [0.05, 0.1) is 31.9 Å². The average Bonchev–Trinajstić information content (AvgIpc) is 2.68. The number of benzene rings is 1. The quantitative estimate of drug-likeness (QED) is 0.837. The number of para-hydroxylation sites is 1. The predicted molar refractivity (Wildman–Crippen MR) is 93.2 cm³/mol. The standard InChI is InChI=1S/C19H23N3O3/c23-18(9-12-25-17-6-2-1-3-7-17)21-13-16-8-10-20-19(22-16)15-5-4-11-24-14-15/h1-3,6-8,10,15H,4-5,9,11-14H2,(H,21,23)/t15-/m1/s1. The van der Waals surface area contributed by atoms with Gasteiger partial charge >= 0.3 is 0 Å². The van der Waals surface area contributed by atoms with Gasteiger partial charge < -0.3 is 14.8 Å². The number of amides is 1. The van der Waals surface area contributed by atoms with Crippen LogP contribution in [0.2, 0.25) is 0 Å². The topological polar surface area (TPSA) is 73.3 Å². The molecular formula is C19H23N3O3. The molecular weight excluding hydrogens is 318 g/mol. The van der Waals surface area contributed by atoms with E-state index in [0.29, 0.717) is 26.2 Å². The number of nitrogens with zero attached hydrogens (tertiary/aromatic N) is 2. The summed E-state index contributed by atoms with van der Waals surface area (Å²) in [5.74, 6) is 1.77. The molecule has 0 radical (unpaired) electrons. The van der Waals surface area contributed by atoms with Crippen molar-refractivity contribution in [2.75, 3.05) is 19.8 Å². The zero-order chi connectivity index (χ0) is 17.3. The van der Waals surface area contributed by atoms with Gasteiger partial charge in [0, 0.05) is 18.7 Å². The largest absolute Gasteiger partial charge is 0.493 e. The van der Waals surface area contributed by atoms with Crippen LogP contribution in [0.4, 0.5) is 0 Å². The summed E-state index contributed by atoms with van der Waals surface area (Å²) in [7, 11) is 0. The second-order valence-corrected chi connectivity index (χ2v) is 6.01. The fraction of sp³-hybridized carbons (Fsp3) is 0.421. The number of rotatable bonds is 7. The van der Waals surface area contributed by atoms with Gasteiger partial charge in [-0.25, -0.2) is 9.97 Å². The lowest BCUT2D eigenvalue weighted by atomic mass is 10.0. The highest BCUT2D eigenvalue weighted by Crippen LogP contribution is 2.22. The third-order valence-electron chi connectivity index (χ3n) is 4.07. The van der Waals surface area contributed by atoms with Crippen LogP contribution in [0.1, 0.15) is 36.7 Å². The van der Waals surface area contributed by atoms with Crippen molar-refractivity contribution in [2.45, 2.75) is 31.7 Å². The van der Waals surface area contributed by atoms with Crippen LogP contribution in [-0.4, -0.2) is 35.7 Å². The molecule has 3 rings (SSSR count). The Kier molecular flexibility index (Phi) is 6.34. The Bertz CT molecular complexity index is 673. The second kappa shape index (κ2) is 9.13. The lowest BCUT2D eigenvalue weighted by Crippen LogP contribution is -2.25. The molecule has 0 spiro atoms. The summed E-state index contributed by atoms with van der Waals surface area (Å²) in [6, 6.07) is 11.3. The molecule has 1 aliphatic heterocycles. The fourth-order valence-electron chi connectivity index (χ4n) is 2.71. The number of aromatic nitrogens is 2. The Labute approximate surface area is 147 Å². The van der Waals surface area contributed by atoms with E-state index >= 15 is 0 Å². The molecule has 0 unspecified atom stereocenters. The zero-order valence-corrected chi connectivity index (χ0v) is 14.2. The van der Waals surface area contributed by atoms with Gasteiger partial charge in [-0.3, -0.25) is 4.79 Å². The Morgan fingerprint density at radius 2 is 2.16 bits per heavy atom. The highest BCUT2D eigenvalue weighted by atomic mass is 16.5. The maximum atomic E-state index is 11.9. The predicted octanol–water partition coefficient (Wildman–Crippen LogP) is 2.46. The number of carbonyl (C=O) groups excluding carboxylic acids is 1. The molecule has 1 fully saturated rings. The number of hydrogen-bond acceptors (Lipinski definition) is 5. The van der Waals surface area contributed by atoms with E-state index in [9.17, 15) is 4.79 Å². The normalized spacial score (nSPS) is 17.0. The molecule has 1 atom stereocenters. The minimum atomic E-state index is -0.0582. The van der Waals surface area contributed by atoms with Gasteiger partial charge in [-0.2, -0.15) is 0 Å². The maximum absolute atomic E-state index is 11.9. The van der Waals surface area contributed by atoms with Crippen molar-refractivity contribution in [3.05, 3.63) is 54.1 Å². The van der Waals surface area contributed by atoms with Crippen molar-refractivity contribution in [1.29, 1.82) is 0 Å². The van der Waals surface area contributed by atoms with E-state index in [0.717, 1.165) is 36.7 Å². The van der Waals surface area contributed by atoms with Gasteiger partial charge in [-0.1, -0.05) is 18.2 Å². The third kappa shape index (κ3) is 5.53. The second-order valence-electron chi connectivity index (χ2n) is 6.01. The van der Waals surface area contributed by atoms with Gasteiger partial charge in [0.2, 0.25) is 5.91 Å². The number of carbonyl (C=O) groups is 1. The Hall–Kier alpha value is -2.47. The summed E-state index contributed by atoms with van der Waals surface area (Å²) in [6.07, 6.45) is 4.14. The fourth-order valence-corrected chi connectivity index (χ4v) is 2.71. The number of ether oxygens (including phenoxy) is 2. The molecule has 1 aromatic carbocycles. The van der Waals surface area contributed by atoms with Crippen molar-refractivity contribution < 1.29 is 14.3 Å². The number of hydrogen-bond donors (Lipinski definition) is 1. The van der Waals surface area contributed by atoms with Crippen LogP contribution in [0.25, 0.3) is 0 Å². The molecule has 1 N–H and O–H groups in total. The van der Waals surface area contributed by atoms with E-state index in [4.69, 9.17) is 9.47 Å². The Morgan fingerprint density at radius 1 is 1.28 bits per heavy atom. The van der Waals surface area contributed by atoms with Crippen LogP contribution in [-0.2, 0) is 16.1 Å². The molecule has 1 aromatic heterocycles. The molecule has 2 aromatic rings. The first-order valence-electron chi connectivity index (χ1n) is 8.65. The SMILES string of the molecule is O=C(CCOc1ccccc1)NCc1ccnc([C@@H]2CCCOC2)n1. The summed E-state index contributed by atoms with van der Waals surface area (Å²) >= 11 is 0. The van der Waals surface area contributed by atoms with Gasteiger partial charge in [0.25, 0.3) is 0 Å². The Balaban J connectivity index is 1.42. The molecule has 6 nitrogen and oxygen atoms in total. The van der Waals surface area contributed by atoms with E-state index < -0.39 is 0 Å². The van der Waals surface area contributed by atoms with Gasteiger partial charge in [0.1, 0.15) is 11.6 Å². The van der Waals surface area contributed by atoms with Crippen LogP contribution >= 0.6 is 0 Å². The lowest BCUT2D eigenvalue weighted by molar-refractivity contribution is -0.121. The molecule has 0 saturated carbocycles. The molecule has 0 bridgehead atoms. The Morgan fingerprint density at radius 3 is 2.96 bits per heavy atom. The third-order valence-corrected chi connectivity index (χ3v) is 4.07. The van der Waals surface area contributed by atoms with E-state index in [2.05, 4.69) is 15.3 Å². The maximum Gasteiger partial charge on any atom is 0.223 e. The smallest absolute Gasteiger partial charge is 0.223 e. The molecule has 6 heteroatoms. The van der Waals surface area contributed by atoms with Crippen molar-refractivity contribution in [3.8, 4) is 5.75 Å². The van der Waals surface area contributed by atoms with Crippen LogP contribution in [0.3, 0.4) is 0 Å². The van der Waals surface area contributed by atoms with Crippen molar-refractivity contribution in [2.24, 2.45) is 0 Å². The van der Waals surface area contributed by atoms with Crippen LogP contribution < -0.4 is 10.1 Å². The number of nitrogens with one attached hydrogen (secondary N) is 1. The summed E-state index contributed by atoms with van der Waals surface area (Å²) in [5, 5.41) is 2.87. The first kappa shape index (κ1) is 17.4. The molecule has 1 aliphatic rings. The van der Waals surface area contributed by atoms with Crippen molar-refractivity contribution in [3.63, 3.8) is 0 Å². The lowest BCUT2D eigenvalue weighted by Gasteiger charge is -2.20. The van der Waals surface area contributed by atoms with Crippen molar-refractivity contribution in [1.82, 2.24) is 15.3 Å². The molecule has 25 heavy (non-hydrogen) atoms. The highest BCUT2D eigenvalue weighted by Gasteiger charge is 2.18. The highest BCUT2D eigenvalue weighted by molar-refractivity contribution is 5.75. The zero-order valence-electron chi connectivity index (χ0n) is 14.2. The van der Waals surface area contributed by atoms with Gasteiger partial charge in [-0.05, 0) is 31.0 Å². The van der Waals surface area contributed by atoms with Gasteiger partial charge in [0.15, 0.2) is 0 Å². The van der Waals surface area contributed by atoms with E-state index in [-0.39, 0.29) is 11.8 Å². The average molecular weight is 341 g/mol. The molecule has 2 heterocycles. The van der Waals surface area contributed by atoms with Crippen LogP contribution in [0, 0.1) is 0 Å². The first-order chi connectivity index (χ1) is 12.3. The van der Waals surface area contributed by atoms with Crippen LogP contribution in [0.15, 0.2) is 42.6 Å². The molecule has 1 amide bonds. The minimum absolute atomic E-state index is 0.0582. The van der Waals surface area contributed by atoms with E-state index in [1.165, 1.54) is 0 Å². The van der Waals surface area contributed by atoms with Crippen LogP contribution in [0.5, 0.6) is 5.75 Å². The molecule has 0 aliphatic carbocycles. The monoisotopic (exact) mass is 341 g/mol. The summed E-state index contributed by atoms with van der Waals surface area (Å²) in [5.41, 5.74) is 0.813. The van der Waals surface area contributed by atoms with Gasteiger partial charge in [-0.15, -0.1) is 0 Å². The molecule has 132 valence electrons. The summed E-state index contributed by atoms with van der Waals surface area (Å²) < 4.78 is 11.0. The van der Waals surface area contributed by atoms with Crippen molar-refractivity contribution >= 4 is 5.91 Å². The first-order valence-corrected chi connectivity index (χ1v) is 8.65. The molecule has 1 saturated heterocycles. The van der Waals surface area contributed by atoms with E-state index in [1.54, 1.807) is 6.20 Å². The summed E-state index contributed by atoms with van der Waals surface area (Å²) in [6.45, 7) is 2.24.